The number of carbonyl (C=O) groups is 1. The number of hydrogen-bond donors (Lipinski definition) is 1. The van der Waals surface area contributed by atoms with Crippen LogP contribution < -0.4 is 10.3 Å². The van der Waals surface area contributed by atoms with Gasteiger partial charge >= 0.3 is 0 Å². The first-order valence-electron chi connectivity index (χ1n) is 9.03. The lowest BCUT2D eigenvalue weighted by molar-refractivity contribution is 0.0731. The third-order valence-electron chi connectivity index (χ3n) is 4.88. The highest BCUT2D eigenvalue weighted by atomic mass is 16.5. The van der Waals surface area contributed by atoms with Gasteiger partial charge in [0, 0.05) is 29.6 Å². The fourth-order valence-corrected chi connectivity index (χ4v) is 3.28. The first-order valence-corrected chi connectivity index (χ1v) is 9.03. The molecule has 7 nitrogen and oxygen atoms in total. The molecule has 142 valence electrons. The Morgan fingerprint density at radius 2 is 1.96 bits per heavy atom. The summed E-state index contributed by atoms with van der Waals surface area (Å²) in [6.07, 6.45) is 2.06. The summed E-state index contributed by atoms with van der Waals surface area (Å²) in [5.74, 6) is 1.11. The van der Waals surface area contributed by atoms with E-state index in [4.69, 9.17) is 4.74 Å². The number of aryl methyl sites for hydroxylation is 1. The van der Waals surface area contributed by atoms with Crippen LogP contribution in [0.2, 0.25) is 0 Å². The molecule has 0 saturated carbocycles. The van der Waals surface area contributed by atoms with Crippen LogP contribution in [0, 0.1) is 6.92 Å². The van der Waals surface area contributed by atoms with E-state index in [9.17, 15) is 9.59 Å². The van der Waals surface area contributed by atoms with Crippen LogP contribution in [0.25, 0.3) is 11.4 Å². The molecule has 3 heterocycles. The maximum Gasteiger partial charge on any atom is 0.255 e. The van der Waals surface area contributed by atoms with Crippen LogP contribution in [-0.4, -0.2) is 39.4 Å². The minimum Gasteiger partial charge on any atom is -0.497 e. The fourth-order valence-electron chi connectivity index (χ4n) is 3.28. The SMILES string of the molecule is COc1ccc(-c2nc3c(c(=O)[nH]2)CCN(C(=O)c2ccc(C)nc2)C3)cc1. The number of amides is 1. The lowest BCUT2D eigenvalue weighted by Crippen LogP contribution is -2.39. The molecule has 0 aliphatic carbocycles. The quantitative estimate of drug-likeness (QED) is 0.758. The number of ether oxygens (including phenoxy) is 1. The normalized spacial score (nSPS) is 13.1. The van der Waals surface area contributed by atoms with Gasteiger partial charge in [0.05, 0.1) is 24.9 Å². The highest BCUT2D eigenvalue weighted by Gasteiger charge is 2.25. The monoisotopic (exact) mass is 376 g/mol. The minimum absolute atomic E-state index is 0.105. The number of rotatable bonds is 3. The molecule has 0 atom stereocenters. The zero-order valence-electron chi connectivity index (χ0n) is 15.7. The molecule has 2 aromatic heterocycles. The molecule has 0 radical (unpaired) electrons. The van der Waals surface area contributed by atoms with Crippen molar-refractivity contribution in [3.8, 4) is 17.1 Å². The van der Waals surface area contributed by atoms with E-state index in [2.05, 4.69) is 15.0 Å². The number of methoxy groups -OCH3 is 1. The molecule has 1 amide bonds. The van der Waals surface area contributed by atoms with E-state index in [-0.39, 0.29) is 11.5 Å². The summed E-state index contributed by atoms with van der Waals surface area (Å²) in [5, 5.41) is 0. The van der Waals surface area contributed by atoms with Gasteiger partial charge in [-0.1, -0.05) is 0 Å². The van der Waals surface area contributed by atoms with Gasteiger partial charge in [-0.2, -0.15) is 0 Å². The van der Waals surface area contributed by atoms with Crippen molar-refractivity contribution in [2.45, 2.75) is 19.9 Å². The molecule has 1 aliphatic heterocycles. The third kappa shape index (κ3) is 3.38. The standard InChI is InChI=1S/C21H20N4O3/c1-13-3-4-15(11-22-13)21(27)25-10-9-17-18(12-25)23-19(24-20(17)26)14-5-7-16(28-2)8-6-14/h3-8,11H,9-10,12H2,1-2H3,(H,23,24,26). The van der Waals surface area contributed by atoms with Gasteiger partial charge in [-0.25, -0.2) is 4.98 Å². The molecule has 0 bridgehead atoms. The number of carbonyl (C=O) groups excluding carboxylic acids is 1. The largest absolute Gasteiger partial charge is 0.497 e. The molecule has 1 N–H and O–H groups in total. The second-order valence-electron chi connectivity index (χ2n) is 6.73. The van der Waals surface area contributed by atoms with Crippen molar-refractivity contribution in [3.05, 3.63) is 75.5 Å². The Bertz CT molecular complexity index is 1070. The van der Waals surface area contributed by atoms with Gasteiger partial charge in [0.1, 0.15) is 11.6 Å². The Labute approximate surface area is 162 Å². The van der Waals surface area contributed by atoms with Gasteiger partial charge in [0.2, 0.25) is 0 Å². The second kappa shape index (κ2) is 7.26. The Hall–Kier alpha value is -3.48. The van der Waals surface area contributed by atoms with Gasteiger partial charge in [-0.3, -0.25) is 14.6 Å². The number of nitrogens with zero attached hydrogens (tertiary/aromatic N) is 3. The zero-order valence-corrected chi connectivity index (χ0v) is 15.7. The molecule has 0 unspecified atom stereocenters. The number of aromatic nitrogens is 3. The number of fused-ring (bicyclic) bond motifs is 1. The summed E-state index contributed by atoms with van der Waals surface area (Å²) in [6, 6.07) is 10.9. The minimum atomic E-state index is -0.153. The van der Waals surface area contributed by atoms with Gasteiger partial charge < -0.3 is 14.6 Å². The fraction of sp³-hybridized carbons (Fsp3) is 0.238. The first-order chi connectivity index (χ1) is 13.5. The van der Waals surface area contributed by atoms with Gasteiger partial charge in [-0.15, -0.1) is 0 Å². The molecule has 0 fully saturated rings. The van der Waals surface area contributed by atoms with E-state index in [1.807, 2.05) is 37.3 Å². The maximum atomic E-state index is 12.8. The highest BCUT2D eigenvalue weighted by molar-refractivity contribution is 5.94. The number of nitrogens with one attached hydrogen (secondary N) is 1. The molecular weight excluding hydrogens is 356 g/mol. The Morgan fingerprint density at radius 1 is 1.18 bits per heavy atom. The van der Waals surface area contributed by atoms with Crippen molar-refractivity contribution in [2.24, 2.45) is 0 Å². The summed E-state index contributed by atoms with van der Waals surface area (Å²) in [6.45, 7) is 2.66. The summed E-state index contributed by atoms with van der Waals surface area (Å²) in [4.78, 5) is 38.7. The summed E-state index contributed by atoms with van der Waals surface area (Å²) < 4.78 is 5.17. The van der Waals surface area contributed by atoms with E-state index in [0.717, 1.165) is 17.0 Å². The average molecular weight is 376 g/mol. The number of benzene rings is 1. The van der Waals surface area contributed by atoms with Crippen LogP contribution >= 0.6 is 0 Å². The second-order valence-corrected chi connectivity index (χ2v) is 6.73. The molecule has 1 aromatic carbocycles. The lowest BCUT2D eigenvalue weighted by atomic mass is 10.0. The van der Waals surface area contributed by atoms with Gasteiger partial charge in [0.25, 0.3) is 11.5 Å². The summed E-state index contributed by atoms with van der Waals surface area (Å²) in [7, 11) is 1.60. The molecule has 1 aliphatic rings. The number of aromatic amines is 1. The van der Waals surface area contributed by atoms with E-state index in [1.54, 1.807) is 24.3 Å². The van der Waals surface area contributed by atoms with E-state index < -0.39 is 0 Å². The summed E-state index contributed by atoms with van der Waals surface area (Å²) >= 11 is 0. The van der Waals surface area contributed by atoms with Gasteiger partial charge in [0.15, 0.2) is 0 Å². The first kappa shape index (κ1) is 17.9. The van der Waals surface area contributed by atoms with Crippen LogP contribution in [0.15, 0.2) is 47.4 Å². The van der Waals surface area contributed by atoms with Crippen molar-refractivity contribution in [1.29, 1.82) is 0 Å². The molecule has 7 heteroatoms. The lowest BCUT2D eigenvalue weighted by Gasteiger charge is -2.28. The molecule has 28 heavy (non-hydrogen) atoms. The Kier molecular flexibility index (Phi) is 4.65. The van der Waals surface area contributed by atoms with Gasteiger partial charge in [-0.05, 0) is 49.7 Å². The molecular formula is C21H20N4O3. The van der Waals surface area contributed by atoms with E-state index in [0.29, 0.717) is 42.2 Å². The van der Waals surface area contributed by atoms with Crippen LogP contribution in [0.3, 0.4) is 0 Å². The topological polar surface area (TPSA) is 88.2 Å². The summed E-state index contributed by atoms with van der Waals surface area (Å²) in [5.41, 5.74) is 3.30. The Morgan fingerprint density at radius 3 is 2.64 bits per heavy atom. The smallest absolute Gasteiger partial charge is 0.255 e. The number of H-pyrrole nitrogens is 1. The molecule has 4 rings (SSSR count). The highest BCUT2D eigenvalue weighted by Crippen LogP contribution is 2.22. The van der Waals surface area contributed by atoms with Crippen LogP contribution in [-0.2, 0) is 13.0 Å². The van der Waals surface area contributed by atoms with E-state index >= 15 is 0 Å². The number of hydrogen-bond acceptors (Lipinski definition) is 5. The van der Waals surface area contributed by atoms with Crippen molar-refractivity contribution in [2.75, 3.05) is 13.7 Å². The van der Waals surface area contributed by atoms with Crippen LogP contribution in [0.4, 0.5) is 0 Å². The van der Waals surface area contributed by atoms with Crippen molar-refractivity contribution in [3.63, 3.8) is 0 Å². The third-order valence-corrected chi connectivity index (χ3v) is 4.88. The molecule has 3 aromatic rings. The van der Waals surface area contributed by atoms with Crippen molar-refractivity contribution < 1.29 is 9.53 Å². The zero-order chi connectivity index (χ0) is 19.7. The molecule has 0 spiro atoms. The predicted molar refractivity (Wildman–Crippen MR) is 104 cm³/mol. The average Bonchev–Trinajstić information content (AvgIpc) is 2.73. The molecule has 0 saturated heterocycles. The van der Waals surface area contributed by atoms with Crippen molar-refractivity contribution in [1.82, 2.24) is 19.9 Å². The predicted octanol–water partition coefficient (Wildman–Crippen LogP) is 2.35. The number of pyridine rings is 1. The van der Waals surface area contributed by atoms with Crippen LogP contribution in [0.5, 0.6) is 5.75 Å². The Balaban J connectivity index is 1.63. The van der Waals surface area contributed by atoms with Crippen LogP contribution in [0.1, 0.15) is 27.3 Å². The van der Waals surface area contributed by atoms with E-state index in [1.165, 1.54) is 0 Å². The maximum absolute atomic E-state index is 12.8. The van der Waals surface area contributed by atoms with Crippen molar-refractivity contribution >= 4 is 5.91 Å².